The van der Waals surface area contributed by atoms with E-state index < -0.39 is 0 Å². The van der Waals surface area contributed by atoms with Crippen LogP contribution in [0, 0.1) is 0 Å². The van der Waals surface area contributed by atoms with Crippen molar-refractivity contribution >= 4 is 27.8 Å². The summed E-state index contributed by atoms with van der Waals surface area (Å²) in [5, 5.41) is 2.51. The summed E-state index contributed by atoms with van der Waals surface area (Å²) >= 11 is 0. The molecule has 0 saturated heterocycles. The van der Waals surface area contributed by atoms with Crippen LogP contribution in [0.2, 0.25) is 0 Å². The molecule has 0 heterocycles. The standard InChI is InChI=1S/C49H37N/c1-49(2)46-20-12-11-19-44(46)45-30-28-42(33-47(45)49)50(41-26-23-36(24-27-41)39-22-21-35-15-9-10-18-38(35)31-39)48-32-40(34-13-5-3-6-14-34)25-29-43(48)37-16-7-4-8-17-37/h3-33H,1-2H3. The van der Waals surface area contributed by atoms with Gasteiger partial charge in [0.05, 0.1) is 5.69 Å². The van der Waals surface area contributed by atoms with E-state index in [1.54, 1.807) is 0 Å². The molecular weight excluding hydrogens is 603 g/mol. The Labute approximate surface area is 294 Å². The Hall–Kier alpha value is -6.18. The maximum Gasteiger partial charge on any atom is 0.0546 e. The van der Waals surface area contributed by atoms with Crippen molar-refractivity contribution in [3.8, 4) is 44.5 Å². The van der Waals surface area contributed by atoms with Crippen molar-refractivity contribution in [3.63, 3.8) is 0 Å². The fourth-order valence-corrected chi connectivity index (χ4v) is 7.82. The van der Waals surface area contributed by atoms with Crippen molar-refractivity contribution in [3.05, 3.63) is 199 Å². The smallest absolute Gasteiger partial charge is 0.0546 e. The zero-order valence-electron chi connectivity index (χ0n) is 28.3. The minimum Gasteiger partial charge on any atom is -0.310 e. The monoisotopic (exact) mass is 639 g/mol. The van der Waals surface area contributed by atoms with Gasteiger partial charge < -0.3 is 4.90 Å². The molecule has 0 bridgehead atoms. The second-order valence-corrected chi connectivity index (χ2v) is 13.8. The van der Waals surface area contributed by atoms with Gasteiger partial charge >= 0.3 is 0 Å². The van der Waals surface area contributed by atoms with E-state index in [2.05, 4.69) is 207 Å². The number of hydrogen-bond acceptors (Lipinski definition) is 1. The summed E-state index contributed by atoms with van der Waals surface area (Å²) in [5.74, 6) is 0. The average Bonchev–Trinajstić information content (AvgIpc) is 3.41. The summed E-state index contributed by atoms with van der Waals surface area (Å²) in [7, 11) is 0. The summed E-state index contributed by atoms with van der Waals surface area (Å²) in [4.78, 5) is 2.46. The zero-order chi connectivity index (χ0) is 33.7. The first-order chi connectivity index (χ1) is 24.5. The van der Waals surface area contributed by atoms with Gasteiger partial charge in [-0.15, -0.1) is 0 Å². The molecule has 238 valence electrons. The maximum absolute atomic E-state index is 2.46. The van der Waals surface area contributed by atoms with E-state index in [4.69, 9.17) is 0 Å². The van der Waals surface area contributed by atoms with Gasteiger partial charge in [-0.1, -0.05) is 166 Å². The number of hydrogen-bond donors (Lipinski definition) is 0. The quantitative estimate of drug-likeness (QED) is 0.175. The Morgan fingerprint density at radius 3 is 1.66 bits per heavy atom. The molecule has 1 aliphatic rings. The van der Waals surface area contributed by atoms with Gasteiger partial charge in [0.25, 0.3) is 0 Å². The van der Waals surface area contributed by atoms with Gasteiger partial charge in [0.1, 0.15) is 0 Å². The van der Waals surface area contributed by atoms with Crippen LogP contribution in [0.3, 0.4) is 0 Å². The topological polar surface area (TPSA) is 3.24 Å². The fraction of sp³-hybridized carbons (Fsp3) is 0.0612. The molecule has 50 heavy (non-hydrogen) atoms. The Kier molecular flexibility index (Phi) is 7.21. The van der Waals surface area contributed by atoms with Crippen LogP contribution in [0.4, 0.5) is 17.1 Å². The third-order valence-corrected chi connectivity index (χ3v) is 10.5. The van der Waals surface area contributed by atoms with E-state index in [1.165, 1.54) is 66.4 Å². The Morgan fingerprint density at radius 2 is 0.880 bits per heavy atom. The first-order valence-electron chi connectivity index (χ1n) is 17.4. The summed E-state index contributed by atoms with van der Waals surface area (Å²) < 4.78 is 0. The molecule has 1 aliphatic carbocycles. The van der Waals surface area contributed by atoms with E-state index in [9.17, 15) is 0 Å². The highest BCUT2D eigenvalue weighted by Crippen LogP contribution is 2.51. The summed E-state index contributed by atoms with van der Waals surface area (Å²) in [6.07, 6.45) is 0. The Balaban J connectivity index is 1.25. The molecular formula is C49H37N. The number of nitrogens with zero attached hydrogens (tertiary/aromatic N) is 1. The molecule has 0 atom stereocenters. The van der Waals surface area contributed by atoms with Crippen LogP contribution in [-0.4, -0.2) is 0 Å². The molecule has 8 aromatic carbocycles. The van der Waals surface area contributed by atoms with Crippen LogP contribution < -0.4 is 4.90 Å². The third-order valence-electron chi connectivity index (χ3n) is 10.5. The van der Waals surface area contributed by atoms with Crippen molar-refractivity contribution < 1.29 is 0 Å². The highest BCUT2D eigenvalue weighted by molar-refractivity contribution is 5.93. The molecule has 9 rings (SSSR count). The molecule has 0 unspecified atom stereocenters. The predicted molar refractivity (Wildman–Crippen MR) is 213 cm³/mol. The van der Waals surface area contributed by atoms with Crippen LogP contribution in [0.1, 0.15) is 25.0 Å². The Morgan fingerprint density at radius 1 is 0.340 bits per heavy atom. The highest BCUT2D eigenvalue weighted by atomic mass is 15.1. The molecule has 0 saturated carbocycles. The maximum atomic E-state index is 2.46. The van der Waals surface area contributed by atoms with E-state index in [0.717, 1.165) is 17.1 Å². The van der Waals surface area contributed by atoms with Gasteiger partial charge in [0, 0.05) is 22.4 Å². The second-order valence-electron chi connectivity index (χ2n) is 13.8. The van der Waals surface area contributed by atoms with Crippen molar-refractivity contribution in [1.82, 2.24) is 0 Å². The molecule has 0 aliphatic heterocycles. The first kappa shape index (κ1) is 29.9. The van der Waals surface area contributed by atoms with Crippen molar-refractivity contribution in [2.45, 2.75) is 19.3 Å². The van der Waals surface area contributed by atoms with Gasteiger partial charge in [-0.05, 0) is 97.2 Å². The predicted octanol–water partition coefficient (Wildman–Crippen LogP) is 13.6. The normalized spacial score (nSPS) is 12.8. The van der Waals surface area contributed by atoms with Gasteiger partial charge in [-0.2, -0.15) is 0 Å². The number of rotatable bonds is 6. The van der Waals surface area contributed by atoms with Gasteiger partial charge in [-0.3, -0.25) is 0 Å². The van der Waals surface area contributed by atoms with Crippen LogP contribution >= 0.6 is 0 Å². The molecule has 0 amide bonds. The molecule has 0 fully saturated rings. The van der Waals surface area contributed by atoms with Crippen molar-refractivity contribution in [2.75, 3.05) is 4.90 Å². The van der Waals surface area contributed by atoms with Crippen LogP contribution in [0.15, 0.2) is 188 Å². The summed E-state index contributed by atoms with van der Waals surface area (Å²) in [5.41, 5.74) is 15.9. The van der Waals surface area contributed by atoms with Gasteiger partial charge in [-0.25, -0.2) is 0 Å². The molecule has 0 N–H and O–H groups in total. The van der Waals surface area contributed by atoms with E-state index in [-0.39, 0.29) is 5.41 Å². The summed E-state index contributed by atoms with van der Waals surface area (Å²) in [6, 6.07) is 68.7. The highest BCUT2D eigenvalue weighted by Gasteiger charge is 2.36. The van der Waals surface area contributed by atoms with E-state index in [0.29, 0.717) is 0 Å². The largest absolute Gasteiger partial charge is 0.310 e. The number of benzene rings is 8. The molecule has 1 nitrogen and oxygen atoms in total. The molecule has 0 aromatic heterocycles. The minimum atomic E-state index is -0.109. The van der Waals surface area contributed by atoms with Crippen molar-refractivity contribution in [1.29, 1.82) is 0 Å². The fourth-order valence-electron chi connectivity index (χ4n) is 7.82. The second kappa shape index (κ2) is 12.1. The van der Waals surface area contributed by atoms with Gasteiger partial charge in [0.15, 0.2) is 0 Å². The molecule has 8 aromatic rings. The number of anilines is 3. The van der Waals surface area contributed by atoms with Gasteiger partial charge in [0.2, 0.25) is 0 Å². The zero-order valence-corrected chi connectivity index (χ0v) is 28.3. The lowest BCUT2D eigenvalue weighted by Gasteiger charge is -2.30. The van der Waals surface area contributed by atoms with Crippen LogP contribution in [0.25, 0.3) is 55.3 Å². The SMILES string of the molecule is CC1(C)c2ccccc2-c2ccc(N(c3ccc(-c4ccc5ccccc5c4)cc3)c3cc(-c4ccccc4)ccc3-c3ccccc3)cc21. The number of fused-ring (bicyclic) bond motifs is 4. The lowest BCUT2D eigenvalue weighted by molar-refractivity contribution is 0.660. The molecule has 0 radical (unpaired) electrons. The van der Waals surface area contributed by atoms with Crippen LogP contribution in [-0.2, 0) is 5.41 Å². The molecule has 0 spiro atoms. The van der Waals surface area contributed by atoms with Crippen molar-refractivity contribution in [2.24, 2.45) is 0 Å². The lowest BCUT2D eigenvalue weighted by Crippen LogP contribution is -2.17. The Bertz CT molecular complexity index is 2490. The molecule has 1 heteroatoms. The first-order valence-corrected chi connectivity index (χ1v) is 17.4. The minimum absolute atomic E-state index is 0.109. The third kappa shape index (κ3) is 5.11. The van der Waals surface area contributed by atoms with Crippen LogP contribution in [0.5, 0.6) is 0 Å². The summed E-state index contributed by atoms with van der Waals surface area (Å²) in [6.45, 7) is 4.71. The lowest BCUT2D eigenvalue weighted by atomic mass is 9.82. The average molecular weight is 640 g/mol. The van der Waals surface area contributed by atoms with E-state index in [1.807, 2.05) is 0 Å². The van der Waals surface area contributed by atoms with E-state index >= 15 is 0 Å².